The molecular weight excluding hydrogens is 560 g/mol. The van der Waals surface area contributed by atoms with Gasteiger partial charge in [0, 0.05) is 0 Å². The van der Waals surface area contributed by atoms with Gasteiger partial charge in [-0.3, -0.25) is 6.08 Å². The molecule has 1 atom stereocenters. The van der Waals surface area contributed by atoms with E-state index in [1.165, 1.54) is 77.5 Å². The van der Waals surface area contributed by atoms with Crippen molar-refractivity contribution in [3.63, 3.8) is 0 Å². The van der Waals surface area contributed by atoms with Crippen LogP contribution in [0.1, 0.15) is 41.7 Å². The summed E-state index contributed by atoms with van der Waals surface area (Å²) < 4.78 is 1.42. The van der Waals surface area contributed by atoms with Crippen LogP contribution in [0, 0.1) is 18.1 Å². The van der Waals surface area contributed by atoms with Crippen LogP contribution in [0.25, 0.3) is 16.7 Å². The molecule has 1 heteroatoms. The van der Waals surface area contributed by atoms with Gasteiger partial charge >= 0.3 is 99.2 Å². The zero-order valence-corrected chi connectivity index (χ0v) is 25.5. The van der Waals surface area contributed by atoms with Crippen molar-refractivity contribution in [1.29, 1.82) is 0 Å². The Hall–Kier alpha value is -3.67. The maximum Gasteiger partial charge on any atom is -0.0253 e. The first-order chi connectivity index (χ1) is 19.6. The maximum absolute atomic E-state index is 3.39. The van der Waals surface area contributed by atoms with Crippen LogP contribution in [0.3, 0.4) is 0 Å². The quantitative estimate of drug-likeness (QED) is 0.180. The summed E-state index contributed by atoms with van der Waals surface area (Å²) in [7, 11) is 0. The van der Waals surface area contributed by atoms with E-state index in [0.717, 1.165) is 6.42 Å². The van der Waals surface area contributed by atoms with Crippen LogP contribution in [-0.4, -0.2) is 3.21 Å². The fourth-order valence-corrected chi connectivity index (χ4v) is 5.96. The summed E-state index contributed by atoms with van der Waals surface area (Å²) in [6.07, 6.45) is 6.71. The largest absolute Gasteiger partial charge is 0.179 e. The predicted molar refractivity (Wildman–Crippen MR) is 166 cm³/mol. The molecule has 40 heavy (non-hydrogen) atoms. The van der Waals surface area contributed by atoms with Crippen LogP contribution < -0.4 is 0 Å². The summed E-state index contributed by atoms with van der Waals surface area (Å²) in [4.78, 5) is 0. The number of rotatable bonds is 3. The van der Waals surface area contributed by atoms with Crippen LogP contribution >= 0.6 is 0 Å². The van der Waals surface area contributed by atoms with Crippen LogP contribution in [0.15, 0.2) is 145 Å². The van der Waals surface area contributed by atoms with Crippen molar-refractivity contribution < 1.29 is 24.2 Å². The summed E-state index contributed by atoms with van der Waals surface area (Å²) in [5.74, 6) is 0.468. The van der Waals surface area contributed by atoms with E-state index < -0.39 is 0 Å². The Labute approximate surface area is 254 Å². The molecule has 0 aliphatic heterocycles. The molecule has 0 N–H and O–H groups in total. The van der Waals surface area contributed by atoms with Crippen molar-refractivity contribution in [1.82, 2.24) is 0 Å². The van der Waals surface area contributed by atoms with Gasteiger partial charge in [-0.25, -0.2) is 5.57 Å². The predicted octanol–water partition coefficient (Wildman–Crippen LogP) is 9.33. The third-order valence-electron chi connectivity index (χ3n) is 7.09. The first-order valence-corrected chi connectivity index (χ1v) is 15.0. The minimum Gasteiger partial charge on any atom is -0.179 e. The van der Waals surface area contributed by atoms with Crippen molar-refractivity contribution in [3.05, 3.63) is 185 Å². The van der Waals surface area contributed by atoms with Crippen molar-refractivity contribution in [2.75, 3.05) is 0 Å². The average molecular weight is 592 g/mol. The summed E-state index contributed by atoms with van der Waals surface area (Å²) in [6, 6.07) is 49.7. The smallest absolute Gasteiger partial charge is 0.0253 e. The molecule has 0 radical (unpaired) electrons. The minimum atomic E-state index is 0.468. The fraction of sp³-hybridized carbons (Fsp3) is 0.103. The fourth-order valence-electron chi connectivity index (χ4n) is 5.14. The van der Waals surface area contributed by atoms with Crippen molar-refractivity contribution in [2.45, 2.75) is 20.3 Å². The van der Waals surface area contributed by atoms with E-state index in [4.69, 9.17) is 0 Å². The molecule has 5 aromatic rings. The number of hydrogen-bond acceptors (Lipinski definition) is 0. The third-order valence-corrected chi connectivity index (χ3v) is 8.51. The van der Waals surface area contributed by atoms with E-state index in [9.17, 15) is 0 Å². The zero-order valence-electron chi connectivity index (χ0n) is 23.1. The Balaban J connectivity index is 0.000000121. The number of allylic oxidation sites excluding steroid dienone is 4. The number of hydrogen-bond donors (Lipinski definition) is 0. The van der Waals surface area contributed by atoms with Gasteiger partial charge in [0.25, 0.3) is 0 Å². The molecule has 0 amide bonds. The first-order valence-electron chi connectivity index (χ1n) is 13.7. The Morgan fingerprint density at radius 2 is 1.23 bits per heavy atom. The Bertz CT molecular complexity index is 1540. The van der Waals surface area contributed by atoms with Gasteiger partial charge in [-0.05, 0) is 6.42 Å². The molecule has 2 aliphatic carbocycles. The molecule has 0 spiro atoms. The van der Waals surface area contributed by atoms with Crippen molar-refractivity contribution in [2.24, 2.45) is 5.92 Å². The molecule has 0 saturated carbocycles. The number of fused-ring (bicyclic) bond motifs is 3. The Morgan fingerprint density at radius 1 is 0.675 bits per heavy atom. The molecule has 0 heterocycles. The van der Waals surface area contributed by atoms with Gasteiger partial charge in [-0.1, -0.05) is 85.5 Å². The van der Waals surface area contributed by atoms with Crippen molar-refractivity contribution in [3.8, 4) is 11.1 Å². The van der Waals surface area contributed by atoms with E-state index in [2.05, 4.69) is 153 Å². The summed E-state index contributed by atoms with van der Waals surface area (Å²) in [6.45, 7) is 4.29. The van der Waals surface area contributed by atoms with Gasteiger partial charge in [0.1, 0.15) is 0 Å². The van der Waals surface area contributed by atoms with Gasteiger partial charge in [0.2, 0.25) is 0 Å². The Morgan fingerprint density at radius 3 is 1.82 bits per heavy atom. The molecule has 1 unspecified atom stereocenters. The van der Waals surface area contributed by atoms with Gasteiger partial charge in [-0.2, -0.15) is 41.5 Å². The molecular formula is C39H32Zr. The van der Waals surface area contributed by atoms with Gasteiger partial charge in [0.05, 0.1) is 0 Å². The van der Waals surface area contributed by atoms with E-state index >= 15 is 0 Å². The van der Waals surface area contributed by atoms with Crippen LogP contribution in [-0.2, 0) is 30.7 Å². The molecule has 0 bridgehead atoms. The molecule has 5 aromatic carbocycles. The van der Waals surface area contributed by atoms with Gasteiger partial charge < -0.3 is 0 Å². The zero-order chi connectivity index (χ0) is 27.7. The van der Waals surface area contributed by atoms with Crippen LogP contribution in [0.5, 0.6) is 0 Å². The molecule has 192 valence electrons. The molecule has 0 fully saturated rings. The van der Waals surface area contributed by atoms with E-state index in [0.29, 0.717) is 5.92 Å². The monoisotopic (exact) mass is 590 g/mol. The molecule has 7 rings (SSSR count). The molecule has 0 saturated heterocycles. The average Bonchev–Trinajstić information content (AvgIpc) is 3.57. The van der Waals surface area contributed by atoms with Gasteiger partial charge in [-0.15, -0.1) is 11.1 Å². The first kappa shape index (κ1) is 27.9. The van der Waals surface area contributed by atoms with Crippen LogP contribution in [0.4, 0.5) is 0 Å². The van der Waals surface area contributed by atoms with E-state index in [1.807, 2.05) is 12.1 Å². The van der Waals surface area contributed by atoms with Crippen molar-refractivity contribution >= 4 is 8.78 Å². The van der Waals surface area contributed by atoms with E-state index in [-0.39, 0.29) is 0 Å². The summed E-state index contributed by atoms with van der Waals surface area (Å²) >= 11 is 1.46. The molecule has 0 aromatic heterocycles. The minimum absolute atomic E-state index is 0.468. The van der Waals surface area contributed by atoms with Crippen LogP contribution in [0.2, 0.25) is 0 Å². The van der Waals surface area contributed by atoms with E-state index in [1.54, 1.807) is 0 Å². The molecule has 0 nitrogen and oxygen atoms in total. The second-order valence-electron chi connectivity index (χ2n) is 10.0. The van der Waals surface area contributed by atoms with Gasteiger partial charge in [0.15, 0.2) is 0 Å². The molecule has 2 aliphatic rings. The number of benzene rings is 5. The Kier molecular flexibility index (Phi) is 9.48. The topological polar surface area (TPSA) is 0 Å². The SMILES string of the molecule is CC1=[C-]C(C)C=C1c1ccccc1.[Zr+2]=[C](c1ccccc1)c1ccccc1.[c-]1cccc2c1Cc1ccccc1-2. The summed E-state index contributed by atoms with van der Waals surface area (Å²) in [5.41, 5.74) is 12.1. The summed E-state index contributed by atoms with van der Waals surface area (Å²) in [5, 5.41) is 0. The second kappa shape index (κ2) is 13.6. The standard InChI is InChI=1S/C13H9.C13H13.C13H10.Zr/c1-3-7-12-10(5-1)9-11-6-2-4-8-13(11)12;1-10-8-11(2)13(9-10)12-6-4-3-5-7-12;1-3-7-12(8-4-1)11-13-9-5-2-6-10-13;/h1-5,7-8H,9H2;3-7,9-10H,1-2H3;1-10H;/q2*-1;;+2. The normalized spacial score (nSPS) is 14.3. The second-order valence-corrected chi connectivity index (χ2v) is 11.2. The third kappa shape index (κ3) is 6.90. The maximum atomic E-state index is 3.39.